The standard InChI is InChI=1S/C19H21FN2O3S/c20-17-7-3-15(4-8-17)13-19(23)21-14-16-5-9-18(10-6-16)26(24,25)22-11-1-2-12-22/h3-10H,1-2,11-14H2,(H,21,23). The van der Waals surface area contributed by atoms with Crippen LogP contribution < -0.4 is 5.32 Å². The van der Waals surface area contributed by atoms with Crippen LogP contribution in [0.15, 0.2) is 53.4 Å². The van der Waals surface area contributed by atoms with Gasteiger partial charge < -0.3 is 5.32 Å². The predicted octanol–water partition coefficient (Wildman–Crippen LogP) is 2.47. The Labute approximate surface area is 152 Å². The smallest absolute Gasteiger partial charge is 0.243 e. The van der Waals surface area contributed by atoms with E-state index in [2.05, 4.69) is 5.32 Å². The number of hydrogen-bond donors (Lipinski definition) is 1. The maximum absolute atomic E-state index is 12.9. The first-order chi connectivity index (χ1) is 12.4. The second kappa shape index (κ2) is 7.97. The average molecular weight is 376 g/mol. The van der Waals surface area contributed by atoms with Crippen LogP contribution in [0.5, 0.6) is 0 Å². The van der Waals surface area contributed by atoms with Crippen molar-refractivity contribution in [2.75, 3.05) is 13.1 Å². The van der Waals surface area contributed by atoms with E-state index in [1.54, 1.807) is 36.4 Å². The summed E-state index contributed by atoms with van der Waals surface area (Å²) in [6.45, 7) is 1.46. The molecule has 3 rings (SSSR count). The molecule has 0 aromatic heterocycles. The van der Waals surface area contributed by atoms with Gasteiger partial charge in [0.05, 0.1) is 11.3 Å². The second-order valence-corrected chi connectivity index (χ2v) is 8.27. The van der Waals surface area contributed by atoms with Gasteiger partial charge >= 0.3 is 0 Å². The summed E-state index contributed by atoms with van der Waals surface area (Å²) < 4.78 is 39.3. The zero-order chi connectivity index (χ0) is 18.6. The van der Waals surface area contributed by atoms with E-state index in [-0.39, 0.29) is 23.0 Å². The van der Waals surface area contributed by atoms with Crippen LogP contribution in [0.25, 0.3) is 0 Å². The van der Waals surface area contributed by atoms with Crippen LogP contribution in [0.4, 0.5) is 4.39 Å². The van der Waals surface area contributed by atoms with Gasteiger partial charge in [-0.3, -0.25) is 4.79 Å². The van der Waals surface area contributed by atoms with Gasteiger partial charge in [-0.25, -0.2) is 12.8 Å². The minimum Gasteiger partial charge on any atom is -0.352 e. The first kappa shape index (κ1) is 18.5. The highest BCUT2D eigenvalue weighted by Crippen LogP contribution is 2.21. The first-order valence-corrected chi connectivity index (χ1v) is 9.99. The Morgan fingerprint density at radius 2 is 1.54 bits per heavy atom. The van der Waals surface area contributed by atoms with Crippen LogP contribution in [0.2, 0.25) is 0 Å². The maximum atomic E-state index is 12.9. The van der Waals surface area contributed by atoms with Crippen LogP contribution >= 0.6 is 0 Å². The molecule has 0 bridgehead atoms. The van der Waals surface area contributed by atoms with Gasteiger partial charge in [0.25, 0.3) is 0 Å². The van der Waals surface area contributed by atoms with Crippen LogP contribution in [0, 0.1) is 5.82 Å². The summed E-state index contributed by atoms with van der Waals surface area (Å²) in [5.74, 6) is -0.511. The van der Waals surface area contributed by atoms with Crippen molar-refractivity contribution in [3.63, 3.8) is 0 Å². The Hall–Kier alpha value is -2.25. The van der Waals surface area contributed by atoms with E-state index in [4.69, 9.17) is 0 Å². The van der Waals surface area contributed by atoms with Gasteiger partial charge in [-0.1, -0.05) is 24.3 Å². The molecule has 0 atom stereocenters. The largest absolute Gasteiger partial charge is 0.352 e. The summed E-state index contributed by atoms with van der Waals surface area (Å²) in [4.78, 5) is 12.2. The summed E-state index contributed by atoms with van der Waals surface area (Å²) in [5, 5.41) is 2.78. The fourth-order valence-corrected chi connectivity index (χ4v) is 4.42. The molecule has 0 unspecified atom stereocenters. The Balaban J connectivity index is 1.55. The fourth-order valence-electron chi connectivity index (χ4n) is 2.91. The lowest BCUT2D eigenvalue weighted by molar-refractivity contribution is -0.120. The second-order valence-electron chi connectivity index (χ2n) is 6.34. The van der Waals surface area contributed by atoms with Gasteiger partial charge in [-0.15, -0.1) is 0 Å². The van der Waals surface area contributed by atoms with E-state index in [1.807, 2.05) is 0 Å². The Kier molecular flexibility index (Phi) is 5.68. The van der Waals surface area contributed by atoms with E-state index < -0.39 is 10.0 Å². The molecule has 1 saturated heterocycles. The third-order valence-corrected chi connectivity index (χ3v) is 6.31. The minimum atomic E-state index is -3.42. The molecule has 1 heterocycles. The van der Waals surface area contributed by atoms with Crippen molar-refractivity contribution in [3.05, 3.63) is 65.5 Å². The minimum absolute atomic E-state index is 0.168. The van der Waals surface area contributed by atoms with Crippen LogP contribution in [0.3, 0.4) is 0 Å². The van der Waals surface area contributed by atoms with Crippen molar-refractivity contribution in [2.45, 2.75) is 30.7 Å². The van der Waals surface area contributed by atoms with Gasteiger partial charge in [0.1, 0.15) is 5.82 Å². The molecule has 1 fully saturated rings. The highest BCUT2D eigenvalue weighted by molar-refractivity contribution is 7.89. The molecule has 1 N–H and O–H groups in total. The van der Waals surface area contributed by atoms with Crippen LogP contribution in [0.1, 0.15) is 24.0 Å². The molecular formula is C19H21FN2O3S. The lowest BCUT2D eigenvalue weighted by Gasteiger charge is -2.15. The quantitative estimate of drug-likeness (QED) is 0.842. The lowest BCUT2D eigenvalue weighted by Crippen LogP contribution is -2.28. The highest BCUT2D eigenvalue weighted by atomic mass is 32.2. The summed E-state index contributed by atoms with van der Waals surface area (Å²) in [6.07, 6.45) is 1.97. The molecular weight excluding hydrogens is 355 g/mol. The number of amides is 1. The average Bonchev–Trinajstić information content (AvgIpc) is 3.18. The van der Waals surface area contributed by atoms with Crippen LogP contribution in [-0.4, -0.2) is 31.7 Å². The van der Waals surface area contributed by atoms with Crippen molar-refractivity contribution in [2.24, 2.45) is 0 Å². The molecule has 0 spiro atoms. The predicted molar refractivity (Wildman–Crippen MR) is 96.4 cm³/mol. The third-order valence-electron chi connectivity index (χ3n) is 4.39. The summed E-state index contributed by atoms with van der Waals surface area (Å²) in [7, 11) is -3.42. The number of sulfonamides is 1. The SMILES string of the molecule is O=C(Cc1ccc(F)cc1)NCc1ccc(S(=O)(=O)N2CCCC2)cc1. The zero-order valence-electron chi connectivity index (χ0n) is 14.3. The number of benzene rings is 2. The van der Waals surface area contributed by atoms with Crippen molar-refractivity contribution in [3.8, 4) is 0 Å². The molecule has 2 aromatic rings. The number of carbonyl (C=O) groups excluding carboxylic acids is 1. The molecule has 1 amide bonds. The summed E-state index contributed by atoms with van der Waals surface area (Å²) >= 11 is 0. The van der Waals surface area contributed by atoms with Crippen LogP contribution in [-0.2, 0) is 27.8 Å². The van der Waals surface area contributed by atoms with Crippen molar-refractivity contribution < 1.29 is 17.6 Å². The van der Waals surface area contributed by atoms with E-state index in [1.165, 1.54) is 16.4 Å². The molecule has 2 aromatic carbocycles. The number of hydrogen-bond acceptors (Lipinski definition) is 3. The maximum Gasteiger partial charge on any atom is 0.243 e. The van der Waals surface area contributed by atoms with E-state index >= 15 is 0 Å². The summed E-state index contributed by atoms with van der Waals surface area (Å²) in [5.41, 5.74) is 1.55. The third kappa shape index (κ3) is 4.47. The van der Waals surface area contributed by atoms with Gasteiger partial charge in [0, 0.05) is 19.6 Å². The molecule has 0 saturated carbocycles. The number of nitrogens with zero attached hydrogens (tertiary/aromatic N) is 1. The first-order valence-electron chi connectivity index (χ1n) is 8.55. The molecule has 7 heteroatoms. The van der Waals surface area contributed by atoms with Gasteiger partial charge in [0.15, 0.2) is 0 Å². The monoisotopic (exact) mass is 376 g/mol. The van der Waals surface area contributed by atoms with Gasteiger partial charge in [0.2, 0.25) is 15.9 Å². The summed E-state index contributed by atoms with van der Waals surface area (Å²) in [6, 6.07) is 12.4. The number of halogens is 1. The number of carbonyl (C=O) groups is 1. The molecule has 0 radical (unpaired) electrons. The highest BCUT2D eigenvalue weighted by Gasteiger charge is 2.26. The number of rotatable bonds is 6. The van der Waals surface area contributed by atoms with E-state index in [0.29, 0.717) is 19.6 Å². The molecule has 1 aliphatic rings. The normalized spacial score (nSPS) is 15.1. The van der Waals surface area contributed by atoms with Crippen molar-refractivity contribution in [1.82, 2.24) is 9.62 Å². The van der Waals surface area contributed by atoms with E-state index in [0.717, 1.165) is 24.0 Å². The lowest BCUT2D eigenvalue weighted by atomic mass is 10.1. The fraction of sp³-hybridized carbons (Fsp3) is 0.316. The molecule has 138 valence electrons. The Morgan fingerprint density at radius 1 is 0.962 bits per heavy atom. The molecule has 26 heavy (non-hydrogen) atoms. The topological polar surface area (TPSA) is 66.5 Å². The van der Waals surface area contributed by atoms with Crippen molar-refractivity contribution in [1.29, 1.82) is 0 Å². The molecule has 5 nitrogen and oxygen atoms in total. The molecule has 1 aliphatic heterocycles. The van der Waals surface area contributed by atoms with Gasteiger partial charge in [-0.05, 0) is 48.2 Å². The van der Waals surface area contributed by atoms with Gasteiger partial charge in [-0.2, -0.15) is 4.31 Å². The van der Waals surface area contributed by atoms with E-state index in [9.17, 15) is 17.6 Å². The number of nitrogens with one attached hydrogen (secondary N) is 1. The zero-order valence-corrected chi connectivity index (χ0v) is 15.1. The Morgan fingerprint density at radius 3 is 2.15 bits per heavy atom. The van der Waals surface area contributed by atoms with Crippen molar-refractivity contribution >= 4 is 15.9 Å². The Bertz CT molecular complexity index is 859. The molecule has 0 aliphatic carbocycles.